The summed E-state index contributed by atoms with van der Waals surface area (Å²) in [6.07, 6.45) is 12.0. The lowest BCUT2D eigenvalue weighted by Gasteiger charge is -2.53. The van der Waals surface area contributed by atoms with Gasteiger partial charge in [0.25, 0.3) is 0 Å². The SMILES string of the molecule is CC#C[C@@H](C)[C@H]1CC=C2C3=C(CC[C@@]21C)[C@@]1(C)CCC(O)CC1CC3. The molecule has 0 aromatic heterocycles. The van der Waals surface area contributed by atoms with Crippen molar-refractivity contribution in [1.82, 2.24) is 0 Å². The summed E-state index contributed by atoms with van der Waals surface area (Å²) >= 11 is 0. The van der Waals surface area contributed by atoms with E-state index in [-0.39, 0.29) is 6.10 Å². The van der Waals surface area contributed by atoms with Gasteiger partial charge in [-0.1, -0.05) is 32.4 Å². The molecular weight excluding hydrogens is 304 g/mol. The molecule has 2 unspecified atom stereocenters. The minimum absolute atomic E-state index is 0.0578. The largest absolute Gasteiger partial charge is 0.393 e. The predicted molar refractivity (Wildman–Crippen MR) is 104 cm³/mol. The Morgan fingerprint density at radius 2 is 1.96 bits per heavy atom. The van der Waals surface area contributed by atoms with E-state index in [4.69, 9.17) is 0 Å². The molecule has 1 heteroatoms. The normalized spacial score (nSPS) is 44.0. The van der Waals surface area contributed by atoms with Crippen LogP contribution >= 0.6 is 0 Å². The van der Waals surface area contributed by atoms with E-state index in [0.717, 1.165) is 12.8 Å². The number of allylic oxidation sites excluding steroid dienone is 4. The molecule has 4 aliphatic rings. The van der Waals surface area contributed by atoms with Crippen molar-refractivity contribution in [1.29, 1.82) is 0 Å². The maximum Gasteiger partial charge on any atom is 0.0543 e. The third kappa shape index (κ3) is 2.48. The van der Waals surface area contributed by atoms with E-state index >= 15 is 0 Å². The summed E-state index contributed by atoms with van der Waals surface area (Å²) in [5.74, 6) is 8.47. The Morgan fingerprint density at radius 3 is 2.72 bits per heavy atom. The molecule has 0 spiro atoms. The number of aliphatic hydroxyl groups excluding tert-OH is 1. The summed E-state index contributed by atoms with van der Waals surface area (Å²) in [4.78, 5) is 0. The summed E-state index contributed by atoms with van der Waals surface area (Å²) in [5, 5.41) is 10.2. The smallest absolute Gasteiger partial charge is 0.0543 e. The topological polar surface area (TPSA) is 20.2 Å². The molecule has 1 saturated carbocycles. The molecule has 0 amide bonds. The van der Waals surface area contributed by atoms with Gasteiger partial charge in [0.1, 0.15) is 0 Å². The Bertz CT molecular complexity index is 687. The Balaban J connectivity index is 1.69. The minimum atomic E-state index is -0.0578. The molecule has 1 N–H and O–H groups in total. The van der Waals surface area contributed by atoms with Crippen LogP contribution in [0.2, 0.25) is 0 Å². The molecule has 0 aromatic carbocycles. The summed E-state index contributed by atoms with van der Waals surface area (Å²) in [5.41, 5.74) is 5.87. The standard InChI is InChI=1S/C24H34O/c1-5-6-16(2)20-9-10-21-19-8-7-17-15-18(25)11-13-23(17,3)22(19)12-14-24(20,21)4/h10,16-18,20,25H,7-9,11-15H2,1-4H3/t16-,17?,18?,20-,23+,24-/m1/s1. The van der Waals surface area contributed by atoms with Gasteiger partial charge in [0, 0.05) is 5.92 Å². The highest BCUT2D eigenvalue weighted by molar-refractivity contribution is 5.49. The Kier molecular flexibility index (Phi) is 4.19. The van der Waals surface area contributed by atoms with Crippen LogP contribution in [0.1, 0.15) is 79.1 Å². The quantitative estimate of drug-likeness (QED) is 0.613. The first kappa shape index (κ1) is 17.4. The zero-order valence-electron chi connectivity index (χ0n) is 16.5. The summed E-state index contributed by atoms with van der Waals surface area (Å²) in [6.45, 7) is 9.34. The van der Waals surface area contributed by atoms with E-state index in [2.05, 4.69) is 38.7 Å². The van der Waals surface area contributed by atoms with Crippen molar-refractivity contribution in [3.63, 3.8) is 0 Å². The van der Waals surface area contributed by atoms with E-state index < -0.39 is 0 Å². The molecule has 136 valence electrons. The molecule has 1 fully saturated rings. The molecule has 0 aliphatic heterocycles. The molecule has 0 bridgehead atoms. The molecule has 0 aromatic rings. The van der Waals surface area contributed by atoms with Gasteiger partial charge in [-0.2, -0.15) is 0 Å². The molecule has 0 heterocycles. The first-order valence-electron chi connectivity index (χ1n) is 10.4. The van der Waals surface area contributed by atoms with Gasteiger partial charge in [0.15, 0.2) is 0 Å². The average Bonchev–Trinajstić information content (AvgIpc) is 2.93. The van der Waals surface area contributed by atoms with Crippen molar-refractivity contribution in [3.8, 4) is 11.8 Å². The van der Waals surface area contributed by atoms with Crippen LogP contribution in [-0.2, 0) is 0 Å². The maximum absolute atomic E-state index is 10.2. The molecule has 1 nitrogen and oxygen atoms in total. The number of aliphatic hydroxyl groups is 1. The molecule has 4 aliphatic carbocycles. The lowest BCUT2D eigenvalue weighted by Crippen LogP contribution is -2.44. The fourth-order valence-electron chi connectivity index (χ4n) is 6.95. The first-order chi connectivity index (χ1) is 11.9. The van der Waals surface area contributed by atoms with Gasteiger partial charge < -0.3 is 5.11 Å². The van der Waals surface area contributed by atoms with Crippen LogP contribution in [0.4, 0.5) is 0 Å². The molecule has 4 rings (SSSR count). The van der Waals surface area contributed by atoms with Gasteiger partial charge in [0.2, 0.25) is 0 Å². The van der Waals surface area contributed by atoms with Crippen LogP contribution in [0, 0.1) is 40.4 Å². The Labute approximate surface area is 154 Å². The van der Waals surface area contributed by atoms with E-state index in [1.165, 1.54) is 38.5 Å². The van der Waals surface area contributed by atoms with E-state index in [0.29, 0.717) is 28.6 Å². The fourth-order valence-corrected chi connectivity index (χ4v) is 6.95. The third-order valence-corrected chi connectivity index (χ3v) is 8.46. The zero-order chi connectivity index (χ0) is 17.8. The number of fused-ring (bicyclic) bond motifs is 4. The highest BCUT2D eigenvalue weighted by atomic mass is 16.3. The molecule has 0 saturated heterocycles. The van der Waals surface area contributed by atoms with Crippen LogP contribution in [0.25, 0.3) is 0 Å². The lowest BCUT2D eigenvalue weighted by atomic mass is 9.51. The fraction of sp³-hybridized carbons (Fsp3) is 0.750. The number of rotatable bonds is 1. The Hall–Kier alpha value is -1.00. The average molecular weight is 339 g/mol. The van der Waals surface area contributed by atoms with Crippen molar-refractivity contribution >= 4 is 0 Å². The van der Waals surface area contributed by atoms with E-state index in [9.17, 15) is 5.11 Å². The van der Waals surface area contributed by atoms with E-state index in [1.54, 1.807) is 16.7 Å². The highest BCUT2D eigenvalue weighted by Gasteiger charge is 2.52. The molecule has 0 radical (unpaired) electrons. The van der Waals surface area contributed by atoms with Gasteiger partial charge >= 0.3 is 0 Å². The van der Waals surface area contributed by atoms with Crippen molar-refractivity contribution in [2.24, 2.45) is 28.6 Å². The van der Waals surface area contributed by atoms with Gasteiger partial charge in [-0.25, -0.2) is 0 Å². The van der Waals surface area contributed by atoms with Crippen LogP contribution < -0.4 is 0 Å². The third-order valence-electron chi connectivity index (χ3n) is 8.46. The lowest BCUT2D eigenvalue weighted by molar-refractivity contribution is 0.0229. The molecule has 6 atom stereocenters. The van der Waals surface area contributed by atoms with Crippen molar-refractivity contribution < 1.29 is 5.11 Å². The summed E-state index contributed by atoms with van der Waals surface area (Å²) < 4.78 is 0. The highest BCUT2D eigenvalue weighted by Crippen LogP contribution is 2.63. The van der Waals surface area contributed by atoms with Crippen molar-refractivity contribution in [3.05, 3.63) is 22.8 Å². The van der Waals surface area contributed by atoms with Gasteiger partial charge in [-0.3, -0.25) is 0 Å². The van der Waals surface area contributed by atoms with Crippen LogP contribution in [0.5, 0.6) is 0 Å². The van der Waals surface area contributed by atoms with Gasteiger partial charge in [-0.15, -0.1) is 11.8 Å². The number of hydrogen-bond donors (Lipinski definition) is 1. The monoisotopic (exact) mass is 338 g/mol. The zero-order valence-corrected chi connectivity index (χ0v) is 16.5. The van der Waals surface area contributed by atoms with Crippen LogP contribution in [0.3, 0.4) is 0 Å². The van der Waals surface area contributed by atoms with Gasteiger partial charge in [0.05, 0.1) is 6.10 Å². The maximum atomic E-state index is 10.2. The minimum Gasteiger partial charge on any atom is -0.393 e. The van der Waals surface area contributed by atoms with E-state index in [1.807, 2.05) is 6.92 Å². The summed E-state index contributed by atoms with van der Waals surface area (Å²) in [6, 6.07) is 0. The Morgan fingerprint density at radius 1 is 1.16 bits per heavy atom. The molecule has 25 heavy (non-hydrogen) atoms. The van der Waals surface area contributed by atoms with Crippen LogP contribution in [-0.4, -0.2) is 11.2 Å². The second kappa shape index (κ2) is 6.02. The first-order valence-corrected chi connectivity index (χ1v) is 10.4. The van der Waals surface area contributed by atoms with Crippen LogP contribution in [0.15, 0.2) is 22.8 Å². The molecular formula is C24H34O. The van der Waals surface area contributed by atoms with Gasteiger partial charge in [-0.05, 0) is 92.1 Å². The number of hydrogen-bond acceptors (Lipinski definition) is 1. The second-order valence-electron chi connectivity index (χ2n) is 9.60. The van der Waals surface area contributed by atoms with Crippen molar-refractivity contribution in [2.75, 3.05) is 0 Å². The van der Waals surface area contributed by atoms with Crippen molar-refractivity contribution in [2.45, 2.75) is 85.2 Å². The summed E-state index contributed by atoms with van der Waals surface area (Å²) in [7, 11) is 0. The predicted octanol–water partition coefficient (Wildman–Crippen LogP) is 5.65. The second-order valence-corrected chi connectivity index (χ2v) is 9.60.